The molecule has 0 unspecified atom stereocenters. The van der Waals surface area contributed by atoms with Gasteiger partial charge >= 0.3 is 0 Å². The Morgan fingerprint density at radius 1 is 0.863 bits per heavy atom. The Morgan fingerprint density at radius 3 is 2.16 bits per heavy atom. The van der Waals surface area contributed by atoms with Crippen LogP contribution < -0.4 is 11.1 Å². The molecule has 1 aliphatic carbocycles. The molecule has 51 heavy (non-hydrogen) atoms. The Bertz CT molecular complexity index is 2520. The summed E-state index contributed by atoms with van der Waals surface area (Å²) in [6.07, 6.45) is 0.477. The maximum Gasteiger partial charge on any atom is 0.296 e. The zero-order valence-electron chi connectivity index (χ0n) is 26.6. The van der Waals surface area contributed by atoms with Gasteiger partial charge < -0.3 is 15.1 Å². The standard InChI is InChI=1S/C32H31N3O13S3/c1-35(13-4-14-47-37)32(36)22-6-3-2-5-21(22)31-23-15-29(50(41,42)43)25(33)17-27(23)48-28-18-26(30(16-24(28)31)51(44,45)46)34-12-11-19-7-9-20(10-8-19)49(38,39)40/h2-3,5-10,15-18,37H,4,11-14,33H2,1H3,(H,38,39,40)(H,41,42,43)(H,44,45,46)/b34-26+. The third-order valence-electron chi connectivity index (χ3n) is 7.89. The first-order chi connectivity index (χ1) is 23.9. The molecule has 0 bridgehead atoms. The van der Waals surface area contributed by atoms with Gasteiger partial charge in [0.2, 0.25) is 0 Å². The van der Waals surface area contributed by atoms with Gasteiger partial charge in [-0.05, 0) is 54.3 Å². The lowest BCUT2D eigenvalue weighted by atomic mass is 9.90. The van der Waals surface area contributed by atoms with E-state index in [1.807, 2.05) is 0 Å². The summed E-state index contributed by atoms with van der Waals surface area (Å²) in [4.78, 5) is 21.9. The average molecular weight is 762 g/mol. The summed E-state index contributed by atoms with van der Waals surface area (Å²) in [5, 5.41) is 8.48. The highest BCUT2D eigenvalue weighted by Gasteiger charge is 2.28. The smallest absolute Gasteiger partial charge is 0.296 e. The fourth-order valence-corrected chi connectivity index (χ4v) is 7.24. The summed E-state index contributed by atoms with van der Waals surface area (Å²) in [5.74, 6) is -0.502. The molecule has 0 radical (unpaired) electrons. The van der Waals surface area contributed by atoms with Gasteiger partial charge in [0.25, 0.3) is 36.3 Å². The monoisotopic (exact) mass is 761 g/mol. The lowest BCUT2D eigenvalue weighted by Crippen LogP contribution is -2.28. The number of amides is 1. The van der Waals surface area contributed by atoms with E-state index < -0.39 is 46.1 Å². The van der Waals surface area contributed by atoms with Crippen molar-refractivity contribution >= 4 is 52.9 Å². The van der Waals surface area contributed by atoms with Gasteiger partial charge in [-0.1, -0.05) is 30.3 Å². The summed E-state index contributed by atoms with van der Waals surface area (Å²) in [6, 6.07) is 16.0. The van der Waals surface area contributed by atoms with Gasteiger partial charge in [-0.3, -0.25) is 28.7 Å². The molecule has 1 aliphatic heterocycles. The number of hydrogen-bond donors (Lipinski definition) is 5. The van der Waals surface area contributed by atoms with Crippen LogP contribution in [-0.2, 0) is 41.7 Å². The molecule has 5 rings (SSSR count). The van der Waals surface area contributed by atoms with Crippen molar-refractivity contribution in [3.8, 4) is 22.5 Å². The SMILES string of the molecule is CN(CCCOO)C(=O)c1ccccc1-c1c2cc(S(=O)(=O)O)/c(=N/CCc3ccc(S(=O)(=O)O)cc3)cc-2oc2cc(N)c(S(=O)(=O)O)cc12. The first kappa shape index (κ1) is 37.5. The number of benzene rings is 4. The minimum atomic E-state index is -4.98. The summed E-state index contributed by atoms with van der Waals surface area (Å²) in [5.41, 5.74) is 6.61. The molecule has 1 amide bonds. The second-order valence-corrected chi connectivity index (χ2v) is 15.5. The van der Waals surface area contributed by atoms with Crippen LogP contribution in [-0.4, -0.2) is 81.7 Å². The largest absolute Gasteiger partial charge is 0.456 e. The van der Waals surface area contributed by atoms with Gasteiger partial charge in [0.15, 0.2) is 0 Å². The van der Waals surface area contributed by atoms with Crippen molar-refractivity contribution in [1.29, 1.82) is 0 Å². The van der Waals surface area contributed by atoms with Crippen molar-refractivity contribution in [1.82, 2.24) is 4.90 Å². The quantitative estimate of drug-likeness (QED) is 0.0304. The summed E-state index contributed by atoms with van der Waals surface area (Å²) >= 11 is 0. The molecule has 0 atom stereocenters. The van der Waals surface area contributed by atoms with Gasteiger partial charge in [-0.2, -0.15) is 25.3 Å². The second-order valence-electron chi connectivity index (χ2n) is 11.3. The van der Waals surface area contributed by atoms with E-state index in [1.165, 1.54) is 54.4 Å². The van der Waals surface area contributed by atoms with E-state index in [-0.39, 0.29) is 87.5 Å². The molecule has 270 valence electrons. The van der Waals surface area contributed by atoms with Crippen molar-refractivity contribution in [2.75, 3.05) is 32.5 Å². The minimum Gasteiger partial charge on any atom is -0.456 e. The van der Waals surface area contributed by atoms with Gasteiger partial charge in [0.05, 0.1) is 22.5 Å². The molecule has 0 saturated heterocycles. The first-order valence-electron chi connectivity index (χ1n) is 14.9. The third-order valence-corrected chi connectivity index (χ3v) is 10.6. The Morgan fingerprint density at radius 2 is 1.53 bits per heavy atom. The van der Waals surface area contributed by atoms with Crippen LogP contribution in [0.5, 0.6) is 0 Å². The number of rotatable bonds is 12. The number of carbonyl (C=O) groups is 1. The molecule has 3 aromatic carbocycles. The molecule has 19 heteroatoms. The van der Waals surface area contributed by atoms with Gasteiger partial charge in [-0.15, -0.1) is 0 Å². The fraction of sp³-hybridized carbons (Fsp3) is 0.188. The molecule has 6 N–H and O–H groups in total. The lowest BCUT2D eigenvalue weighted by Gasteiger charge is -2.22. The van der Waals surface area contributed by atoms with Gasteiger partial charge in [-0.25, -0.2) is 4.89 Å². The van der Waals surface area contributed by atoms with Crippen LogP contribution in [0.1, 0.15) is 22.3 Å². The normalized spacial score (nSPS) is 12.8. The van der Waals surface area contributed by atoms with E-state index in [1.54, 1.807) is 12.1 Å². The van der Waals surface area contributed by atoms with Crippen molar-refractivity contribution in [3.63, 3.8) is 0 Å². The number of fused-ring (bicyclic) bond motifs is 2. The Labute approximate surface area is 292 Å². The van der Waals surface area contributed by atoms with E-state index in [9.17, 15) is 43.7 Å². The van der Waals surface area contributed by atoms with Crippen LogP contribution in [0.3, 0.4) is 0 Å². The summed E-state index contributed by atoms with van der Waals surface area (Å²) in [7, 11) is -12.8. The molecule has 0 spiro atoms. The molecule has 3 aromatic rings. The fourth-order valence-electron chi connectivity index (χ4n) is 5.49. The highest BCUT2D eigenvalue weighted by atomic mass is 32.2. The van der Waals surface area contributed by atoms with Crippen molar-refractivity contribution in [3.05, 3.63) is 89.3 Å². The third kappa shape index (κ3) is 8.26. The van der Waals surface area contributed by atoms with Crippen molar-refractivity contribution < 1.29 is 58.3 Å². The first-order valence-corrected chi connectivity index (χ1v) is 19.2. The minimum absolute atomic E-state index is 0.00383. The topological polar surface area (TPSA) is 264 Å². The maximum atomic E-state index is 13.7. The van der Waals surface area contributed by atoms with E-state index in [0.717, 1.165) is 18.2 Å². The van der Waals surface area contributed by atoms with E-state index in [4.69, 9.17) is 15.4 Å². The van der Waals surface area contributed by atoms with Crippen LogP contribution in [0.2, 0.25) is 0 Å². The lowest BCUT2D eigenvalue weighted by molar-refractivity contribution is -0.242. The number of hydrogen-bond acceptors (Lipinski definition) is 12. The van der Waals surface area contributed by atoms with Crippen molar-refractivity contribution in [2.24, 2.45) is 4.99 Å². The zero-order chi connectivity index (χ0) is 37.3. The maximum absolute atomic E-state index is 13.7. The zero-order valence-corrected chi connectivity index (χ0v) is 29.1. The van der Waals surface area contributed by atoms with Crippen LogP contribution in [0.25, 0.3) is 33.4 Å². The number of nitrogens with zero attached hydrogens (tertiary/aromatic N) is 2. The molecule has 0 saturated carbocycles. The summed E-state index contributed by atoms with van der Waals surface area (Å²) < 4.78 is 108. The number of anilines is 1. The van der Waals surface area contributed by atoms with E-state index in [2.05, 4.69) is 9.88 Å². The molecule has 0 aromatic heterocycles. The molecule has 1 heterocycles. The number of nitrogen functional groups attached to an aromatic ring is 1. The predicted octanol–water partition coefficient (Wildman–Crippen LogP) is 3.62. The summed E-state index contributed by atoms with van der Waals surface area (Å²) in [6.45, 7) is 0.0846. The van der Waals surface area contributed by atoms with E-state index in [0.29, 0.717) is 5.56 Å². The van der Waals surface area contributed by atoms with E-state index >= 15 is 0 Å². The molecule has 2 aliphatic rings. The second kappa shape index (κ2) is 14.5. The van der Waals surface area contributed by atoms with Gasteiger partial charge in [0, 0.05) is 54.3 Å². The Hall–Kier alpha value is -4.73. The van der Waals surface area contributed by atoms with Crippen LogP contribution in [0.4, 0.5) is 5.69 Å². The van der Waals surface area contributed by atoms with Gasteiger partial charge in [0.1, 0.15) is 21.1 Å². The van der Waals surface area contributed by atoms with Crippen LogP contribution in [0, 0.1) is 0 Å². The molecular weight excluding hydrogens is 731 g/mol. The molecule has 0 fully saturated rings. The number of nitrogens with two attached hydrogens (primary N) is 1. The highest BCUT2D eigenvalue weighted by molar-refractivity contribution is 7.86. The van der Waals surface area contributed by atoms with Crippen LogP contribution in [0.15, 0.2) is 96.9 Å². The van der Waals surface area contributed by atoms with Crippen LogP contribution >= 0.6 is 0 Å². The molecular formula is C32H31N3O13S3. The average Bonchev–Trinajstić information content (AvgIpc) is 3.05. The van der Waals surface area contributed by atoms with Crippen molar-refractivity contribution in [2.45, 2.75) is 27.5 Å². The number of carbonyl (C=O) groups excluding carboxylic acids is 1. The Kier molecular flexibility index (Phi) is 10.7. The molecule has 16 nitrogen and oxygen atoms in total. The highest BCUT2D eigenvalue weighted by Crippen LogP contribution is 2.43. The predicted molar refractivity (Wildman–Crippen MR) is 183 cm³/mol. The Balaban J connectivity index is 1.76.